The highest BCUT2D eigenvalue weighted by atomic mass is 16.4. The zero-order chi connectivity index (χ0) is 12.1. The number of carboxylic acid groups (broad SMARTS) is 1. The molecule has 1 aromatic rings. The SMILES string of the molecule is O=C(O)C1(CCc2ccccn2)CCCNC1. The predicted molar refractivity (Wildman–Crippen MR) is 64.7 cm³/mol. The van der Waals surface area contributed by atoms with E-state index in [-0.39, 0.29) is 0 Å². The van der Waals surface area contributed by atoms with Crippen molar-refractivity contribution in [3.05, 3.63) is 30.1 Å². The second kappa shape index (κ2) is 5.27. The van der Waals surface area contributed by atoms with E-state index in [1.54, 1.807) is 6.20 Å². The van der Waals surface area contributed by atoms with Gasteiger partial charge in [-0.15, -0.1) is 0 Å². The third-order valence-corrected chi connectivity index (χ3v) is 3.51. The number of carbonyl (C=O) groups is 1. The minimum Gasteiger partial charge on any atom is -0.481 e. The maximum Gasteiger partial charge on any atom is 0.310 e. The van der Waals surface area contributed by atoms with Crippen LogP contribution in [0.25, 0.3) is 0 Å². The van der Waals surface area contributed by atoms with Crippen LogP contribution < -0.4 is 5.32 Å². The Labute approximate surface area is 101 Å². The van der Waals surface area contributed by atoms with Crippen LogP contribution in [0.5, 0.6) is 0 Å². The molecular formula is C13H18N2O2. The highest BCUT2D eigenvalue weighted by Gasteiger charge is 2.39. The predicted octanol–water partition coefficient (Wildman–Crippen LogP) is 1.47. The van der Waals surface area contributed by atoms with Gasteiger partial charge in [0.1, 0.15) is 0 Å². The molecule has 0 radical (unpaired) electrons. The maximum absolute atomic E-state index is 11.4. The number of piperidine rings is 1. The number of aromatic nitrogens is 1. The summed E-state index contributed by atoms with van der Waals surface area (Å²) in [5.41, 5.74) is 0.370. The van der Waals surface area contributed by atoms with Gasteiger partial charge >= 0.3 is 5.97 Å². The summed E-state index contributed by atoms with van der Waals surface area (Å²) in [6.45, 7) is 1.51. The Bertz CT molecular complexity index is 372. The number of hydrogen-bond acceptors (Lipinski definition) is 3. The Morgan fingerprint density at radius 2 is 2.41 bits per heavy atom. The van der Waals surface area contributed by atoms with Crippen molar-refractivity contribution in [1.82, 2.24) is 10.3 Å². The molecule has 1 fully saturated rings. The fraction of sp³-hybridized carbons (Fsp3) is 0.538. The zero-order valence-corrected chi connectivity index (χ0v) is 9.85. The van der Waals surface area contributed by atoms with Crippen LogP contribution in [0.3, 0.4) is 0 Å². The molecule has 1 aliphatic rings. The number of hydrogen-bond donors (Lipinski definition) is 2. The van der Waals surface area contributed by atoms with Crippen molar-refractivity contribution in [2.24, 2.45) is 5.41 Å². The molecule has 2 heterocycles. The molecule has 1 unspecified atom stereocenters. The number of pyridine rings is 1. The van der Waals surface area contributed by atoms with Crippen molar-refractivity contribution in [3.63, 3.8) is 0 Å². The van der Waals surface area contributed by atoms with Crippen molar-refractivity contribution >= 4 is 5.97 Å². The van der Waals surface area contributed by atoms with Crippen LogP contribution in [0, 0.1) is 5.41 Å². The molecule has 0 bridgehead atoms. The lowest BCUT2D eigenvalue weighted by Gasteiger charge is -2.33. The van der Waals surface area contributed by atoms with Crippen LogP contribution in [0.4, 0.5) is 0 Å². The van der Waals surface area contributed by atoms with E-state index in [1.807, 2.05) is 18.2 Å². The number of nitrogens with zero attached hydrogens (tertiary/aromatic N) is 1. The first kappa shape index (κ1) is 12.0. The molecule has 1 saturated heterocycles. The first-order chi connectivity index (χ1) is 8.23. The number of nitrogens with one attached hydrogen (secondary N) is 1. The molecular weight excluding hydrogens is 216 g/mol. The van der Waals surface area contributed by atoms with Crippen molar-refractivity contribution in [2.45, 2.75) is 25.7 Å². The molecule has 2 rings (SSSR count). The summed E-state index contributed by atoms with van der Waals surface area (Å²) < 4.78 is 0. The van der Waals surface area contributed by atoms with Gasteiger partial charge in [-0.05, 0) is 44.4 Å². The van der Waals surface area contributed by atoms with Crippen LogP contribution >= 0.6 is 0 Å². The number of rotatable bonds is 4. The molecule has 0 aliphatic carbocycles. The Balaban J connectivity index is 2.01. The van der Waals surface area contributed by atoms with Gasteiger partial charge in [-0.25, -0.2) is 0 Å². The largest absolute Gasteiger partial charge is 0.481 e. The van der Waals surface area contributed by atoms with E-state index in [9.17, 15) is 9.90 Å². The van der Waals surface area contributed by atoms with Crippen molar-refractivity contribution in [1.29, 1.82) is 0 Å². The fourth-order valence-electron chi connectivity index (χ4n) is 2.38. The van der Waals surface area contributed by atoms with Crippen molar-refractivity contribution < 1.29 is 9.90 Å². The van der Waals surface area contributed by atoms with E-state index in [0.29, 0.717) is 13.0 Å². The quantitative estimate of drug-likeness (QED) is 0.828. The van der Waals surface area contributed by atoms with Gasteiger partial charge in [0.2, 0.25) is 0 Å². The molecule has 0 amide bonds. The van der Waals surface area contributed by atoms with Gasteiger partial charge in [-0.2, -0.15) is 0 Å². The third kappa shape index (κ3) is 2.82. The summed E-state index contributed by atoms with van der Waals surface area (Å²) in [6.07, 6.45) is 4.85. The summed E-state index contributed by atoms with van der Waals surface area (Å²) >= 11 is 0. The second-order valence-corrected chi connectivity index (χ2v) is 4.69. The minimum atomic E-state index is -0.680. The number of aryl methyl sites for hydroxylation is 1. The van der Waals surface area contributed by atoms with Crippen LogP contribution in [-0.4, -0.2) is 29.1 Å². The first-order valence-electron chi connectivity index (χ1n) is 6.07. The zero-order valence-electron chi connectivity index (χ0n) is 9.85. The van der Waals surface area contributed by atoms with E-state index in [1.165, 1.54) is 0 Å². The maximum atomic E-state index is 11.4. The van der Waals surface area contributed by atoms with Gasteiger partial charge in [-0.3, -0.25) is 9.78 Å². The average molecular weight is 234 g/mol. The number of carboxylic acids is 1. The van der Waals surface area contributed by atoms with Crippen molar-refractivity contribution in [2.75, 3.05) is 13.1 Å². The number of aliphatic carboxylic acids is 1. The van der Waals surface area contributed by atoms with Crippen LogP contribution in [0.1, 0.15) is 25.0 Å². The third-order valence-electron chi connectivity index (χ3n) is 3.51. The Kier molecular flexibility index (Phi) is 3.74. The molecule has 1 aliphatic heterocycles. The first-order valence-corrected chi connectivity index (χ1v) is 6.07. The lowest BCUT2D eigenvalue weighted by molar-refractivity contribution is -0.150. The van der Waals surface area contributed by atoms with Gasteiger partial charge in [0.25, 0.3) is 0 Å². The summed E-state index contributed by atoms with van der Waals surface area (Å²) in [4.78, 5) is 15.7. The monoisotopic (exact) mass is 234 g/mol. The molecule has 1 aromatic heterocycles. The molecule has 1 atom stereocenters. The van der Waals surface area contributed by atoms with Gasteiger partial charge in [0.15, 0.2) is 0 Å². The van der Waals surface area contributed by atoms with Crippen molar-refractivity contribution in [3.8, 4) is 0 Å². The van der Waals surface area contributed by atoms with Crippen LogP contribution in [0.15, 0.2) is 24.4 Å². The molecule has 0 spiro atoms. The normalized spacial score (nSPS) is 24.5. The van der Waals surface area contributed by atoms with E-state index >= 15 is 0 Å². The van der Waals surface area contributed by atoms with Gasteiger partial charge in [0.05, 0.1) is 5.41 Å². The van der Waals surface area contributed by atoms with Gasteiger partial charge in [0, 0.05) is 18.4 Å². The van der Waals surface area contributed by atoms with Gasteiger partial charge in [-0.1, -0.05) is 6.07 Å². The van der Waals surface area contributed by atoms with Crippen LogP contribution in [0.2, 0.25) is 0 Å². The van der Waals surface area contributed by atoms with Gasteiger partial charge < -0.3 is 10.4 Å². The average Bonchev–Trinajstić information content (AvgIpc) is 2.38. The molecule has 2 N–H and O–H groups in total. The molecule has 0 aromatic carbocycles. The van der Waals surface area contributed by atoms with E-state index < -0.39 is 11.4 Å². The minimum absolute atomic E-state index is 0.579. The molecule has 92 valence electrons. The summed E-state index contributed by atoms with van der Waals surface area (Å²) in [5.74, 6) is -0.680. The Hall–Kier alpha value is -1.42. The standard InChI is InChI=1S/C13H18N2O2/c16-12(17)13(6-3-8-14-10-13)7-5-11-4-1-2-9-15-11/h1-2,4,9,14H,3,5-8,10H2,(H,16,17). The van der Waals surface area contributed by atoms with E-state index in [0.717, 1.165) is 31.5 Å². The highest BCUT2D eigenvalue weighted by molar-refractivity contribution is 5.75. The Morgan fingerprint density at radius 3 is 3.00 bits per heavy atom. The Morgan fingerprint density at radius 1 is 1.53 bits per heavy atom. The topological polar surface area (TPSA) is 62.2 Å². The summed E-state index contributed by atoms with van der Waals surface area (Å²) in [5, 5.41) is 12.6. The van der Waals surface area contributed by atoms with Crippen LogP contribution in [-0.2, 0) is 11.2 Å². The van der Waals surface area contributed by atoms with E-state index in [2.05, 4.69) is 10.3 Å². The fourth-order valence-corrected chi connectivity index (χ4v) is 2.38. The second-order valence-electron chi connectivity index (χ2n) is 4.69. The lowest BCUT2D eigenvalue weighted by Crippen LogP contribution is -2.45. The molecule has 0 saturated carbocycles. The lowest BCUT2D eigenvalue weighted by atomic mass is 9.76. The summed E-state index contributed by atoms with van der Waals surface area (Å²) in [6, 6.07) is 5.76. The molecule has 17 heavy (non-hydrogen) atoms. The van der Waals surface area contributed by atoms with E-state index in [4.69, 9.17) is 0 Å². The summed E-state index contributed by atoms with van der Waals surface area (Å²) in [7, 11) is 0. The molecule has 4 heteroatoms. The molecule has 4 nitrogen and oxygen atoms in total. The highest BCUT2D eigenvalue weighted by Crippen LogP contribution is 2.31. The smallest absolute Gasteiger partial charge is 0.310 e.